The summed E-state index contributed by atoms with van der Waals surface area (Å²) in [6.45, 7) is 0.409. The van der Waals surface area contributed by atoms with Gasteiger partial charge in [0.15, 0.2) is 0 Å². The second-order valence-electron chi connectivity index (χ2n) is 3.67. The lowest BCUT2D eigenvalue weighted by Crippen LogP contribution is -2.50. The zero-order chi connectivity index (χ0) is 15.2. The summed E-state index contributed by atoms with van der Waals surface area (Å²) in [5.41, 5.74) is 0. The van der Waals surface area contributed by atoms with Crippen molar-refractivity contribution in [1.82, 2.24) is 0 Å². The van der Waals surface area contributed by atoms with Crippen molar-refractivity contribution in [1.29, 1.82) is 0 Å². The highest BCUT2D eigenvalue weighted by Gasteiger charge is 2.39. The Bertz CT molecular complexity index is 340. The van der Waals surface area contributed by atoms with Crippen molar-refractivity contribution in [2.75, 3.05) is 6.61 Å². The van der Waals surface area contributed by atoms with Gasteiger partial charge >= 0.3 is 11.9 Å². The van der Waals surface area contributed by atoms with Gasteiger partial charge in [-0.1, -0.05) is 6.92 Å². The Morgan fingerprint density at radius 1 is 1.11 bits per heavy atom. The maximum absolute atomic E-state index is 11.1. The molecule has 9 nitrogen and oxygen atoms in total. The number of carbonyl (C=O) groups excluding carboxylic acids is 2. The molecule has 0 spiro atoms. The first kappa shape index (κ1) is 17.4. The normalized spacial score (nSPS) is 17.1. The third kappa shape index (κ3) is 4.91. The van der Waals surface area contributed by atoms with Crippen molar-refractivity contribution in [2.45, 2.75) is 37.8 Å². The number of carbonyl (C=O) groups is 3. The number of rotatable bonds is 8. The van der Waals surface area contributed by atoms with Crippen molar-refractivity contribution in [3.63, 3.8) is 0 Å². The van der Waals surface area contributed by atoms with E-state index in [2.05, 4.69) is 4.74 Å². The van der Waals surface area contributed by atoms with Crippen molar-refractivity contribution in [3.8, 4) is 0 Å². The maximum Gasteiger partial charge on any atom is 0.375 e. The number of esters is 1. The fraction of sp³-hybridized carbons (Fsp3) is 0.700. The molecule has 0 saturated heterocycles. The maximum atomic E-state index is 11.1. The highest BCUT2D eigenvalue weighted by atomic mass is 16.6. The molecule has 0 radical (unpaired) electrons. The Labute approximate surface area is 108 Å². The lowest BCUT2D eigenvalue weighted by atomic mass is 10.0. The minimum atomic E-state index is -2.24. The summed E-state index contributed by atoms with van der Waals surface area (Å²) in [4.78, 5) is 32.9. The SMILES string of the molecule is CCC(=O)C(=O)O[C@@H](C(=O)O)[C@@H](O)[C@@H](O)[C@H](O)CO. The van der Waals surface area contributed by atoms with Crippen molar-refractivity contribution in [2.24, 2.45) is 0 Å². The molecule has 0 aliphatic heterocycles. The van der Waals surface area contributed by atoms with Crippen LogP contribution in [0.4, 0.5) is 0 Å². The van der Waals surface area contributed by atoms with Gasteiger partial charge in [0.05, 0.1) is 6.61 Å². The topological polar surface area (TPSA) is 162 Å². The predicted octanol–water partition coefficient (Wildman–Crippen LogP) is -2.96. The van der Waals surface area contributed by atoms with Gasteiger partial charge in [-0.2, -0.15) is 0 Å². The minimum absolute atomic E-state index is 0.219. The smallest absolute Gasteiger partial charge is 0.375 e. The molecule has 0 aromatic rings. The van der Waals surface area contributed by atoms with Crippen LogP contribution in [-0.2, 0) is 19.1 Å². The van der Waals surface area contributed by atoms with Crippen molar-refractivity contribution < 1.29 is 44.7 Å². The first-order chi connectivity index (χ1) is 8.76. The van der Waals surface area contributed by atoms with Gasteiger partial charge < -0.3 is 30.3 Å². The number of hydrogen-bond donors (Lipinski definition) is 5. The fourth-order valence-corrected chi connectivity index (χ4v) is 1.11. The molecule has 0 rings (SSSR count). The monoisotopic (exact) mass is 280 g/mol. The van der Waals surface area contributed by atoms with Gasteiger partial charge in [-0.05, 0) is 0 Å². The standard InChI is InChI=1S/C10H16O9/c1-2-4(12)10(18)19-8(9(16)17)7(15)6(14)5(13)3-11/h5-8,11,13-15H,2-3H2,1H3,(H,16,17)/t5-,6+,7+,8-/m1/s1. The molecule has 4 atom stereocenters. The Kier molecular flexibility index (Phi) is 7.16. The number of aliphatic hydroxyl groups is 4. The van der Waals surface area contributed by atoms with Crippen LogP contribution in [0.2, 0.25) is 0 Å². The lowest BCUT2D eigenvalue weighted by Gasteiger charge is -2.25. The molecule has 0 aliphatic carbocycles. The molecule has 0 fully saturated rings. The quantitative estimate of drug-likeness (QED) is 0.231. The molecular weight excluding hydrogens is 264 g/mol. The average Bonchev–Trinajstić information content (AvgIpc) is 2.40. The zero-order valence-corrected chi connectivity index (χ0v) is 10.1. The molecule has 0 heterocycles. The largest absolute Gasteiger partial charge is 0.478 e. The van der Waals surface area contributed by atoms with Crippen LogP contribution in [-0.4, -0.2) is 74.3 Å². The third-order valence-corrected chi connectivity index (χ3v) is 2.27. The second kappa shape index (κ2) is 7.79. The molecule has 19 heavy (non-hydrogen) atoms. The molecule has 110 valence electrons. The van der Waals surface area contributed by atoms with E-state index in [1.165, 1.54) is 6.92 Å². The van der Waals surface area contributed by atoms with E-state index >= 15 is 0 Å². The van der Waals surface area contributed by atoms with Crippen LogP contribution in [0, 0.1) is 0 Å². The van der Waals surface area contributed by atoms with Crippen LogP contribution >= 0.6 is 0 Å². The van der Waals surface area contributed by atoms with Gasteiger partial charge in [0, 0.05) is 6.42 Å². The molecule has 0 aliphatic rings. The molecule has 0 unspecified atom stereocenters. The number of carboxylic acids is 1. The molecule has 5 N–H and O–H groups in total. The van der Waals surface area contributed by atoms with Gasteiger partial charge in [-0.3, -0.25) is 4.79 Å². The van der Waals surface area contributed by atoms with Crippen molar-refractivity contribution >= 4 is 17.7 Å². The summed E-state index contributed by atoms with van der Waals surface area (Å²) in [6, 6.07) is 0. The summed E-state index contributed by atoms with van der Waals surface area (Å²) in [6.07, 6.45) is -8.54. The molecule has 0 aromatic heterocycles. The minimum Gasteiger partial charge on any atom is -0.478 e. The van der Waals surface area contributed by atoms with E-state index in [9.17, 15) is 24.6 Å². The van der Waals surface area contributed by atoms with E-state index in [1.54, 1.807) is 0 Å². The number of carboxylic acid groups (broad SMARTS) is 1. The summed E-state index contributed by atoms with van der Waals surface area (Å²) >= 11 is 0. The second-order valence-corrected chi connectivity index (χ2v) is 3.67. The van der Waals surface area contributed by atoms with Gasteiger partial charge in [0.2, 0.25) is 11.9 Å². The number of aliphatic hydroxyl groups excluding tert-OH is 4. The Morgan fingerprint density at radius 3 is 2.00 bits per heavy atom. The summed E-state index contributed by atoms with van der Waals surface area (Å²) in [7, 11) is 0. The average molecular weight is 280 g/mol. The van der Waals surface area contributed by atoms with Gasteiger partial charge in [-0.25, -0.2) is 9.59 Å². The summed E-state index contributed by atoms with van der Waals surface area (Å²) in [5, 5.41) is 45.1. The summed E-state index contributed by atoms with van der Waals surface area (Å²) < 4.78 is 4.25. The highest BCUT2D eigenvalue weighted by Crippen LogP contribution is 2.10. The van der Waals surface area contributed by atoms with E-state index in [0.717, 1.165) is 0 Å². The lowest BCUT2D eigenvalue weighted by molar-refractivity contribution is -0.183. The highest BCUT2D eigenvalue weighted by molar-refractivity contribution is 6.33. The van der Waals surface area contributed by atoms with E-state index in [0.29, 0.717) is 0 Å². The molecule has 0 amide bonds. The number of ether oxygens (including phenoxy) is 1. The van der Waals surface area contributed by atoms with E-state index in [-0.39, 0.29) is 6.42 Å². The van der Waals surface area contributed by atoms with Gasteiger partial charge in [0.25, 0.3) is 0 Å². The molecule has 9 heteroatoms. The first-order valence-corrected chi connectivity index (χ1v) is 5.37. The molecular formula is C10H16O9. The predicted molar refractivity (Wildman–Crippen MR) is 57.9 cm³/mol. The molecule has 0 saturated carbocycles. The first-order valence-electron chi connectivity index (χ1n) is 5.37. The third-order valence-electron chi connectivity index (χ3n) is 2.27. The van der Waals surface area contributed by atoms with Crippen LogP contribution < -0.4 is 0 Å². The van der Waals surface area contributed by atoms with Crippen LogP contribution in [0.1, 0.15) is 13.3 Å². The van der Waals surface area contributed by atoms with Crippen LogP contribution in [0.25, 0.3) is 0 Å². The zero-order valence-electron chi connectivity index (χ0n) is 10.1. The molecule has 0 aromatic carbocycles. The van der Waals surface area contributed by atoms with Gasteiger partial charge in [0.1, 0.15) is 18.3 Å². The van der Waals surface area contributed by atoms with Gasteiger partial charge in [-0.15, -0.1) is 0 Å². The fourth-order valence-electron chi connectivity index (χ4n) is 1.11. The Morgan fingerprint density at radius 2 is 1.63 bits per heavy atom. The van der Waals surface area contributed by atoms with E-state index in [4.69, 9.17) is 15.3 Å². The Balaban J connectivity index is 4.87. The summed E-state index contributed by atoms with van der Waals surface area (Å²) in [5.74, 6) is -4.29. The molecule has 0 bridgehead atoms. The number of hydrogen-bond acceptors (Lipinski definition) is 8. The van der Waals surface area contributed by atoms with Crippen LogP contribution in [0.15, 0.2) is 0 Å². The van der Waals surface area contributed by atoms with E-state index in [1.807, 2.05) is 0 Å². The number of Topliss-reactive ketones (excluding diaryl/α,β-unsaturated/α-hetero) is 1. The van der Waals surface area contributed by atoms with Crippen LogP contribution in [0.3, 0.4) is 0 Å². The number of ketones is 1. The van der Waals surface area contributed by atoms with E-state index < -0.39 is 48.7 Å². The van der Waals surface area contributed by atoms with Crippen molar-refractivity contribution in [3.05, 3.63) is 0 Å². The number of aliphatic carboxylic acids is 1. The Hall–Kier alpha value is -1.55. The van der Waals surface area contributed by atoms with Crippen LogP contribution in [0.5, 0.6) is 0 Å².